The number of rotatable bonds is 2. The van der Waals surface area contributed by atoms with Gasteiger partial charge in [-0.2, -0.15) is 5.10 Å². The minimum Gasteiger partial charge on any atom is -0.305 e. The Hall–Kier alpha value is -2.69. The molecule has 0 bridgehead atoms. The summed E-state index contributed by atoms with van der Waals surface area (Å²) in [7, 11) is 0. The van der Waals surface area contributed by atoms with Crippen LogP contribution in [0.15, 0.2) is 42.5 Å². The van der Waals surface area contributed by atoms with Gasteiger partial charge in [-0.1, -0.05) is 18.2 Å². The molecular formula is C15H12FN3O. The first-order valence-corrected chi connectivity index (χ1v) is 6.16. The first-order chi connectivity index (χ1) is 9.65. The fourth-order valence-electron chi connectivity index (χ4n) is 1.97. The number of carbonyl (C=O) groups excluding carboxylic acids is 1. The lowest BCUT2D eigenvalue weighted by molar-refractivity contribution is 0.102. The van der Waals surface area contributed by atoms with Crippen molar-refractivity contribution in [3.63, 3.8) is 0 Å². The van der Waals surface area contributed by atoms with Gasteiger partial charge in [0.1, 0.15) is 5.82 Å². The van der Waals surface area contributed by atoms with Gasteiger partial charge in [0.2, 0.25) is 0 Å². The van der Waals surface area contributed by atoms with Crippen LogP contribution in [-0.2, 0) is 0 Å². The number of hydrogen-bond donors (Lipinski definition) is 2. The lowest BCUT2D eigenvalue weighted by Gasteiger charge is -2.04. The molecule has 1 aromatic heterocycles. The minimum absolute atomic E-state index is 0.264. The lowest BCUT2D eigenvalue weighted by Crippen LogP contribution is -2.12. The zero-order valence-corrected chi connectivity index (χ0v) is 10.8. The van der Waals surface area contributed by atoms with Gasteiger partial charge in [0.05, 0.1) is 5.52 Å². The molecule has 1 amide bonds. The van der Waals surface area contributed by atoms with E-state index in [0.29, 0.717) is 11.4 Å². The third-order valence-corrected chi connectivity index (χ3v) is 3.14. The molecule has 1 heterocycles. The Morgan fingerprint density at radius 1 is 1.25 bits per heavy atom. The van der Waals surface area contributed by atoms with Crippen molar-refractivity contribution in [2.75, 3.05) is 5.32 Å². The summed E-state index contributed by atoms with van der Waals surface area (Å²) in [5, 5.41) is 10.4. The van der Waals surface area contributed by atoms with Gasteiger partial charge < -0.3 is 5.32 Å². The molecule has 0 radical (unpaired) electrons. The van der Waals surface area contributed by atoms with Crippen LogP contribution in [0.3, 0.4) is 0 Å². The van der Waals surface area contributed by atoms with Crippen LogP contribution < -0.4 is 5.32 Å². The van der Waals surface area contributed by atoms with Gasteiger partial charge in [-0.25, -0.2) is 4.39 Å². The van der Waals surface area contributed by atoms with Gasteiger partial charge in [0.15, 0.2) is 5.82 Å². The topological polar surface area (TPSA) is 57.8 Å². The zero-order chi connectivity index (χ0) is 14.1. The second-order valence-electron chi connectivity index (χ2n) is 4.54. The van der Waals surface area contributed by atoms with Crippen LogP contribution in [0.25, 0.3) is 10.9 Å². The molecule has 0 saturated carbocycles. The van der Waals surface area contributed by atoms with E-state index in [1.54, 1.807) is 19.1 Å². The fourth-order valence-corrected chi connectivity index (χ4v) is 1.97. The summed E-state index contributed by atoms with van der Waals surface area (Å²) in [5.41, 5.74) is 1.60. The Balaban J connectivity index is 1.90. The minimum atomic E-state index is -0.399. The lowest BCUT2D eigenvalue weighted by atomic mass is 10.1. The molecule has 0 aliphatic rings. The van der Waals surface area contributed by atoms with Crippen LogP contribution in [0, 0.1) is 12.7 Å². The highest BCUT2D eigenvalue weighted by Gasteiger charge is 2.12. The van der Waals surface area contributed by atoms with Gasteiger partial charge >= 0.3 is 0 Å². The molecule has 0 aliphatic carbocycles. The van der Waals surface area contributed by atoms with E-state index in [1.165, 1.54) is 6.07 Å². The molecule has 5 heteroatoms. The number of aromatic nitrogens is 2. The van der Waals surface area contributed by atoms with Crippen molar-refractivity contribution in [2.45, 2.75) is 6.92 Å². The first kappa shape index (κ1) is 12.3. The average Bonchev–Trinajstić information content (AvgIpc) is 2.85. The predicted molar refractivity (Wildman–Crippen MR) is 75.2 cm³/mol. The van der Waals surface area contributed by atoms with Gasteiger partial charge in [0, 0.05) is 10.9 Å². The summed E-state index contributed by atoms with van der Waals surface area (Å²) < 4.78 is 13.5. The molecular weight excluding hydrogens is 257 g/mol. The molecule has 3 aromatic rings. The van der Waals surface area contributed by atoms with Crippen molar-refractivity contribution in [3.8, 4) is 0 Å². The van der Waals surface area contributed by atoms with Gasteiger partial charge in [-0.3, -0.25) is 9.89 Å². The predicted octanol–water partition coefficient (Wildman–Crippen LogP) is 3.26. The van der Waals surface area contributed by atoms with Crippen LogP contribution >= 0.6 is 0 Å². The van der Waals surface area contributed by atoms with E-state index in [0.717, 1.165) is 10.9 Å². The van der Waals surface area contributed by atoms with Crippen molar-refractivity contribution in [1.82, 2.24) is 10.2 Å². The fraction of sp³-hybridized carbons (Fsp3) is 0.0667. The summed E-state index contributed by atoms with van der Waals surface area (Å²) in [5.74, 6) is -0.350. The molecule has 0 saturated heterocycles. The van der Waals surface area contributed by atoms with E-state index in [9.17, 15) is 9.18 Å². The van der Waals surface area contributed by atoms with Crippen LogP contribution in [0.2, 0.25) is 0 Å². The highest BCUT2D eigenvalue weighted by molar-refractivity contribution is 6.07. The standard InChI is InChI=1S/C15H12FN3O/c1-9-6-7-10(8-12(9)16)15(20)17-14-11-4-2-3-5-13(11)18-19-14/h2-8H,1H3,(H2,17,18,19,20). The number of carbonyl (C=O) groups is 1. The van der Waals surface area contributed by atoms with E-state index in [-0.39, 0.29) is 11.5 Å². The molecule has 0 unspecified atom stereocenters. The number of amides is 1. The highest BCUT2D eigenvalue weighted by atomic mass is 19.1. The van der Waals surface area contributed by atoms with Gasteiger partial charge in [-0.15, -0.1) is 0 Å². The molecule has 20 heavy (non-hydrogen) atoms. The van der Waals surface area contributed by atoms with Crippen molar-refractivity contribution < 1.29 is 9.18 Å². The molecule has 0 aliphatic heterocycles. The van der Waals surface area contributed by atoms with Crippen LogP contribution in [-0.4, -0.2) is 16.1 Å². The summed E-state index contributed by atoms with van der Waals surface area (Å²) >= 11 is 0. The van der Waals surface area contributed by atoms with Crippen LogP contribution in [0.4, 0.5) is 10.2 Å². The second kappa shape index (κ2) is 4.77. The van der Waals surface area contributed by atoms with Crippen LogP contribution in [0.5, 0.6) is 0 Å². The number of aromatic amines is 1. The van der Waals surface area contributed by atoms with Crippen molar-refractivity contribution in [3.05, 3.63) is 59.4 Å². The maximum absolute atomic E-state index is 13.5. The molecule has 0 spiro atoms. The van der Waals surface area contributed by atoms with Crippen molar-refractivity contribution in [1.29, 1.82) is 0 Å². The Kier molecular flexibility index (Phi) is 2.95. The molecule has 100 valence electrons. The largest absolute Gasteiger partial charge is 0.305 e. The molecule has 2 aromatic carbocycles. The quantitative estimate of drug-likeness (QED) is 0.750. The second-order valence-corrected chi connectivity index (χ2v) is 4.54. The normalized spacial score (nSPS) is 10.7. The summed E-state index contributed by atoms with van der Waals surface area (Å²) in [6.45, 7) is 1.65. The number of anilines is 1. The number of aryl methyl sites for hydroxylation is 1. The van der Waals surface area contributed by atoms with Gasteiger partial charge in [0.25, 0.3) is 5.91 Å². The van der Waals surface area contributed by atoms with Crippen LogP contribution in [0.1, 0.15) is 15.9 Å². The molecule has 0 fully saturated rings. The number of nitrogens with zero attached hydrogens (tertiary/aromatic N) is 1. The summed E-state index contributed by atoms with van der Waals surface area (Å²) in [6, 6.07) is 11.8. The maximum atomic E-state index is 13.5. The van der Waals surface area contributed by atoms with E-state index in [1.807, 2.05) is 24.3 Å². The molecule has 2 N–H and O–H groups in total. The zero-order valence-electron chi connectivity index (χ0n) is 10.8. The third-order valence-electron chi connectivity index (χ3n) is 3.14. The van der Waals surface area contributed by atoms with E-state index in [2.05, 4.69) is 15.5 Å². The monoisotopic (exact) mass is 269 g/mol. The van der Waals surface area contributed by atoms with E-state index >= 15 is 0 Å². The Bertz CT molecular complexity index is 795. The number of nitrogens with one attached hydrogen (secondary N) is 2. The van der Waals surface area contributed by atoms with Crippen molar-refractivity contribution >= 4 is 22.6 Å². The average molecular weight is 269 g/mol. The van der Waals surface area contributed by atoms with E-state index in [4.69, 9.17) is 0 Å². The van der Waals surface area contributed by atoms with Crippen molar-refractivity contribution in [2.24, 2.45) is 0 Å². The Morgan fingerprint density at radius 2 is 2.05 bits per heavy atom. The number of H-pyrrole nitrogens is 1. The Labute approximate surface area is 114 Å². The molecule has 0 atom stereocenters. The smallest absolute Gasteiger partial charge is 0.256 e. The number of fused-ring (bicyclic) bond motifs is 1. The maximum Gasteiger partial charge on any atom is 0.256 e. The Morgan fingerprint density at radius 3 is 2.85 bits per heavy atom. The number of halogens is 1. The number of hydrogen-bond acceptors (Lipinski definition) is 2. The molecule has 4 nitrogen and oxygen atoms in total. The first-order valence-electron chi connectivity index (χ1n) is 6.16. The number of benzene rings is 2. The molecule has 3 rings (SSSR count). The SMILES string of the molecule is Cc1ccc(C(=O)Nc2n[nH]c3ccccc23)cc1F. The summed E-state index contributed by atoms with van der Waals surface area (Å²) in [6.07, 6.45) is 0. The summed E-state index contributed by atoms with van der Waals surface area (Å²) in [4.78, 5) is 12.1. The van der Waals surface area contributed by atoms with E-state index < -0.39 is 5.82 Å². The third kappa shape index (κ3) is 2.14. The number of para-hydroxylation sites is 1. The van der Waals surface area contributed by atoms with Gasteiger partial charge in [-0.05, 0) is 36.8 Å². The highest BCUT2D eigenvalue weighted by Crippen LogP contribution is 2.20.